The van der Waals surface area contributed by atoms with Gasteiger partial charge in [0.1, 0.15) is 12.4 Å². The van der Waals surface area contributed by atoms with Crippen LogP contribution in [0.4, 0.5) is 0 Å². The summed E-state index contributed by atoms with van der Waals surface area (Å²) in [6.07, 6.45) is 1.89. The molecule has 2 aromatic rings. The Bertz CT molecular complexity index is 436. The molecule has 0 radical (unpaired) electrons. The van der Waals surface area contributed by atoms with Crippen molar-refractivity contribution in [3.8, 4) is 5.75 Å². The summed E-state index contributed by atoms with van der Waals surface area (Å²) in [6, 6.07) is 9.16. The lowest BCUT2D eigenvalue weighted by Gasteiger charge is -2.09. The molecule has 0 saturated carbocycles. The first-order chi connectivity index (χ1) is 8.29. The Kier molecular flexibility index (Phi) is 3.77. The number of ether oxygens (including phenoxy) is 1. The van der Waals surface area contributed by atoms with E-state index >= 15 is 0 Å². The fraction of sp³-hybridized carbons (Fsp3) is 0.308. The first-order valence-corrected chi connectivity index (χ1v) is 5.60. The zero-order valence-electron chi connectivity index (χ0n) is 9.67. The molecular weight excluding hydrogens is 218 g/mol. The number of nitrogens with zero attached hydrogens (tertiary/aromatic N) is 1. The topological polar surface area (TPSA) is 55.5 Å². The SMILES string of the molecule is CC[C@@H](O)c1ccc(OCc2ccno2)cc1. The van der Waals surface area contributed by atoms with Crippen molar-refractivity contribution < 1.29 is 14.4 Å². The quantitative estimate of drug-likeness (QED) is 0.862. The van der Waals surface area contributed by atoms with Crippen LogP contribution in [0.3, 0.4) is 0 Å². The number of benzene rings is 1. The van der Waals surface area contributed by atoms with Gasteiger partial charge in [0.15, 0.2) is 5.76 Å². The molecule has 0 amide bonds. The normalized spacial score (nSPS) is 12.4. The molecule has 17 heavy (non-hydrogen) atoms. The highest BCUT2D eigenvalue weighted by Crippen LogP contribution is 2.20. The fourth-order valence-corrected chi connectivity index (χ4v) is 1.49. The average molecular weight is 233 g/mol. The van der Waals surface area contributed by atoms with Crippen LogP contribution in [-0.2, 0) is 6.61 Å². The summed E-state index contributed by atoms with van der Waals surface area (Å²) in [7, 11) is 0. The number of aromatic nitrogens is 1. The minimum absolute atomic E-state index is 0.357. The van der Waals surface area contributed by atoms with Gasteiger partial charge in [0.25, 0.3) is 0 Å². The van der Waals surface area contributed by atoms with Crippen molar-refractivity contribution in [2.75, 3.05) is 0 Å². The van der Waals surface area contributed by atoms with Crippen LogP contribution in [0.25, 0.3) is 0 Å². The van der Waals surface area contributed by atoms with Gasteiger partial charge in [0.2, 0.25) is 0 Å². The van der Waals surface area contributed by atoms with Crippen LogP contribution in [-0.4, -0.2) is 10.3 Å². The second-order valence-corrected chi connectivity index (χ2v) is 3.76. The van der Waals surface area contributed by atoms with Gasteiger partial charge in [-0.3, -0.25) is 0 Å². The fourth-order valence-electron chi connectivity index (χ4n) is 1.49. The predicted molar refractivity (Wildman–Crippen MR) is 62.5 cm³/mol. The van der Waals surface area contributed by atoms with Gasteiger partial charge in [0.05, 0.1) is 12.3 Å². The van der Waals surface area contributed by atoms with Crippen molar-refractivity contribution in [3.63, 3.8) is 0 Å². The minimum atomic E-state index is -0.404. The Morgan fingerprint density at radius 1 is 1.29 bits per heavy atom. The molecule has 2 rings (SSSR count). The Hall–Kier alpha value is -1.81. The van der Waals surface area contributed by atoms with Crippen LogP contribution in [0.5, 0.6) is 5.75 Å². The van der Waals surface area contributed by atoms with Gasteiger partial charge in [-0.2, -0.15) is 0 Å². The van der Waals surface area contributed by atoms with Gasteiger partial charge in [-0.15, -0.1) is 0 Å². The number of rotatable bonds is 5. The minimum Gasteiger partial charge on any atom is -0.486 e. The lowest BCUT2D eigenvalue weighted by atomic mass is 10.1. The highest BCUT2D eigenvalue weighted by atomic mass is 16.5. The summed E-state index contributed by atoms with van der Waals surface area (Å²) in [5, 5.41) is 13.2. The maximum atomic E-state index is 9.64. The third-order valence-corrected chi connectivity index (χ3v) is 2.52. The highest BCUT2D eigenvalue weighted by molar-refractivity contribution is 5.28. The predicted octanol–water partition coefficient (Wildman–Crippen LogP) is 2.70. The number of hydrogen-bond donors (Lipinski definition) is 1. The number of aliphatic hydroxyl groups is 1. The van der Waals surface area contributed by atoms with Crippen LogP contribution in [0.2, 0.25) is 0 Å². The zero-order valence-corrected chi connectivity index (χ0v) is 9.67. The number of hydrogen-bond acceptors (Lipinski definition) is 4. The van der Waals surface area contributed by atoms with Crippen molar-refractivity contribution in [1.82, 2.24) is 5.16 Å². The molecule has 0 aliphatic carbocycles. The van der Waals surface area contributed by atoms with Crippen molar-refractivity contribution in [2.24, 2.45) is 0 Å². The lowest BCUT2D eigenvalue weighted by molar-refractivity contribution is 0.173. The van der Waals surface area contributed by atoms with E-state index in [1.807, 2.05) is 31.2 Å². The molecule has 4 heteroatoms. The molecule has 4 nitrogen and oxygen atoms in total. The average Bonchev–Trinajstić information content (AvgIpc) is 2.89. The standard InChI is InChI=1S/C13H15NO3/c1-2-13(15)10-3-5-11(6-4-10)16-9-12-7-8-14-17-12/h3-8,13,15H,2,9H2,1H3/t13-/m1/s1. The third kappa shape index (κ3) is 3.07. The molecule has 90 valence electrons. The summed E-state index contributed by atoms with van der Waals surface area (Å²) < 4.78 is 10.4. The Morgan fingerprint density at radius 3 is 2.65 bits per heavy atom. The molecule has 0 fully saturated rings. The van der Waals surface area contributed by atoms with Gasteiger partial charge in [-0.05, 0) is 24.1 Å². The largest absolute Gasteiger partial charge is 0.486 e. The molecular formula is C13H15NO3. The summed E-state index contributed by atoms with van der Waals surface area (Å²) in [4.78, 5) is 0. The van der Waals surface area contributed by atoms with Crippen LogP contribution in [0.15, 0.2) is 41.1 Å². The molecule has 1 aromatic carbocycles. The van der Waals surface area contributed by atoms with Crippen molar-refractivity contribution in [3.05, 3.63) is 47.9 Å². The van der Waals surface area contributed by atoms with Crippen molar-refractivity contribution in [1.29, 1.82) is 0 Å². The first-order valence-electron chi connectivity index (χ1n) is 5.60. The Morgan fingerprint density at radius 2 is 2.06 bits per heavy atom. The maximum Gasteiger partial charge on any atom is 0.174 e. The van der Waals surface area contributed by atoms with Gasteiger partial charge < -0.3 is 14.4 Å². The van der Waals surface area contributed by atoms with E-state index in [2.05, 4.69) is 5.16 Å². The van der Waals surface area contributed by atoms with Crippen LogP contribution >= 0.6 is 0 Å². The first kappa shape index (κ1) is 11.7. The van der Waals surface area contributed by atoms with E-state index in [0.717, 1.165) is 11.3 Å². The highest BCUT2D eigenvalue weighted by Gasteiger charge is 2.04. The van der Waals surface area contributed by atoms with Gasteiger partial charge >= 0.3 is 0 Å². The van der Waals surface area contributed by atoms with E-state index in [1.165, 1.54) is 0 Å². The van der Waals surface area contributed by atoms with Gasteiger partial charge in [-0.1, -0.05) is 24.2 Å². The lowest BCUT2D eigenvalue weighted by Crippen LogP contribution is -1.96. The third-order valence-electron chi connectivity index (χ3n) is 2.52. The van der Waals surface area contributed by atoms with E-state index in [0.29, 0.717) is 18.8 Å². The van der Waals surface area contributed by atoms with Crippen molar-refractivity contribution >= 4 is 0 Å². The second-order valence-electron chi connectivity index (χ2n) is 3.76. The molecule has 1 atom stereocenters. The molecule has 1 aromatic heterocycles. The molecule has 0 aliphatic rings. The van der Waals surface area contributed by atoms with Crippen LogP contribution in [0, 0.1) is 0 Å². The number of aliphatic hydroxyl groups excluding tert-OH is 1. The maximum absolute atomic E-state index is 9.64. The molecule has 0 spiro atoms. The summed E-state index contributed by atoms with van der Waals surface area (Å²) in [5.41, 5.74) is 0.902. The van der Waals surface area contributed by atoms with Crippen LogP contribution < -0.4 is 4.74 Å². The van der Waals surface area contributed by atoms with Gasteiger partial charge in [0, 0.05) is 6.07 Å². The Labute approximate surface area is 99.8 Å². The summed E-state index contributed by atoms with van der Waals surface area (Å²) >= 11 is 0. The van der Waals surface area contributed by atoms with E-state index < -0.39 is 6.10 Å². The van der Waals surface area contributed by atoms with Crippen molar-refractivity contribution in [2.45, 2.75) is 26.1 Å². The van der Waals surface area contributed by atoms with E-state index in [4.69, 9.17) is 9.26 Å². The molecule has 0 saturated heterocycles. The molecule has 0 bridgehead atoms. The smallest absolute Gasteiger partial charge is 0.174 e. The monoisotopic (exact) mass is 233 g/mol. The molecule has 0 unspecified atom stereocenters. The van der Waals surface area contributed by atoms with Crippen LogP contribution in [0.1, 0.15) is 30.8 Å². The van der Waals surface area contributed by atoms with E-state index in [1.54, 1.807) is 12.3 Å². The van der Waals surface area contributed by atoms with Gasteiger partial charge in [-0.25, -0.2) is 0 Å². The molecule has 0 aliphatic heterocycles. The summed E-state index contributed by atoms with van der Waals surface area (Å²) in [6.45, 7) is 2.30. The Balaban J connectivity index is 1.94. The molecule has 1 heterocycles. The van der Waals surface area contributed by atoms with E-state index in [-0.39, 0.29) is 0 Å². The second kappa shape index (κ2) is 5.50. The molecule has 1 N–H and O–H groups in total. The zero-order chi connectivity index (χ0) is 12.1. The van der Waals surface area contributed by atoms with E-state index in [9.17, 15) is 5.11 Å². The summed E-state index contributed by atoms with van der Waals surface area (Å²) in [5.74, 6) is 1.43.